The van der Waals surface area contributed by atoms with Crippen molar-refractivity contribution in [2.24, 2.45) is 0 Å². The Morgan fingerprint density at radius 3 is 2.41 bits per heavy atom. The molecule has 3 rings (SSSR count). The van der Waals surface area contributed by atoms with Crippen LogP contribution in [-0.2, 0) is 0 Å². The first-order chi connectivity index (χ1) is 14.0. The summed E-state index contributed by atoms with van der Waals surface area (Å²) in [6.45, 7) is 1.79. The zero-order valence-corrected chi connectivity index (χ0v) is 16.9. The number of hydrogen-bond acceptors (Lipinski definition) is 6. The van der Waals surface area contributed by atoms with Gasteiger partial charge in [0.1, 0.15) is 23.4 Å². The van der Waals surface area contributed by atoms with Crippen LogP contribution in [0.25, 0.3) is 10.9 Å². The van der Waals surface area contributed by atoms with Crippen LogP contribution in [0.2, 0.25) is 0 Å². The zero-order valence-electron chi connectivity index (χ0n) is 16.9. The number of nitrogens with zero attached hydrogens (tertiary/aromatic N) is 1. The molecule has 0 saturated heterocycles. The van der Waals surface area contributed by atoms with Gasteiger partial charge in [-0.25, -0.2) is 0 Å². The molecule has 1 amide bonds. The molecule has 1 aromatic heterocycles. The highest BCUT2D eigenvalue weighted by atomic mass is 16.5. The van der Waals surface area contributed by atoms with Gasteiger partial charge in [-0.2, -0.15) is 0 Å². The van der Waals surface area contributed by atoms with Crippen molar-refractivity contribution in [1.82, 2.24) is 10.3 Å². The Hall–Kier alpha value is -3.32. The minimum atomic E-state index is -0.956. The summed E-state index contributed by atoms with van der Waals surface area (Å²) >= 11 is 0. The molecule has 1 atom stereocenters. The topological polar surface area (TPSA) is 89.9 Å². The maximum Gasteiger partial charge on any atom is 0.253 e. The van der Waals surface area contributed by atoms with Crippen molar-refractivity contribution in [2.75, 3.05) is 27.9 Å². The molecule has 0 fully saturated rings. The number of aryl methyl sites for hydroxylation is 1. The molecule has 7 nitrogen and oxygen atoms in total. The third kappa shape index (κ3) is 4.41. The van der Waals surface area contributed by atoms with Gasteiger partial charge in [0.2, 0.25) is 0 Å². The molecule has 0 saturated carbocycles. The average molecular weight is 396 g/mol. The Morgan fingerprint density at radius 1 is 1.03 bits per heavy atom. The molecule has 0 aliphatic rings. The molecule has 0 bridgehead atoms. The number of aliphatic hydroxyl groups excluding tert-OH is 1. The standard InChI is InChI=1S/C22H24N2O5/c1-13-17(9-14-5-6-16(28-3)11-19(14)24-13)22(26)23-12-20(25)18-10-15(27-2)7-8-21(18)29-4/h5-11,20,25H,12H2,1-4H3,(H,23,26). The fraction of sp³-hybridized carbons (Fsp3) is 0.273. The number of aromatic nitrogens is 1. The molecule has 1 unspecified atom stereocenters. The van der Waals surface area contributed by atoms with Crippen LogP contribution in [0, 0.1) is 6.92 Å². The van der Waals surface area contributed by atoms with Gasteiger partial charge in [-0.05, 0) is 43.3 Å². The minimum absolute atomic E-state index is 0.0163. The fourth-order valence-corrected chi connectivity index (χ4v) is 3.09. The fourth-order valence-electron chi connectivity index (χ4n) is 3.09. The lowest BCUT2D eigenvalue weighted by Gasteiger charge is -2.17. The number of methoxy groups -OCH3 is 3. The summed E-state index contributed by atoms with van der Waals surface area (Å²) in [5.41, 5.74) is 2.33. The van der Waals surface area contributed by atoms with Crippen LogP contribution >= 0.6 is 0 Å². The highest BCUT2D eigenvalue weighted by Gasteiger charge is 2.18. The smallest absolute Gasteiger partial charge is 0.253 e. The van der Waals surface area contributed by atoms with Crippen molar-refractivity contribution in [3.63, 3.8) is 0 Å². The second kappa shape index (κ2) is 8.79. The molecule has 3 aromatic rings. The Balaban J connectivity index is 1.78. The summed E-state index contributed by atoms with van der Waals surface area (Å²) in [6.07, 6.45) is -0.956. The predicted octanol–water partition coefficient (Wildman–Crippen LogP) is 3.03. The number of rotatable bonds is 7. The molecule has 7 heteroatoms. The lowest BCUT2D eigenvalue weighted by Crippen LogP contribution is -2.29. The first kappa shape index (κ1) is 20.4. The third-order valence-electron chi connectivity index (χ3n) is 4.71. The van der Waals surface area contributed by atoms with Crippen molar-refractivity contribution in [3.05, 3.63) is 59.3 Å². The van der Waals surface area contributed by atoms with Gasteiger partial charge in [-0.3, -0.25) is 9.78 Å². The molecule has 29 heavy (non-hydrogen) atoms. The van der Waals surface area contributed by atoms with Gasteiger partial charge >= 0.3 is 0 Å². The number of carbonyl (C=O) groups excluding carboxylic acids is 1. The van der Waals surface area contributed by atoms with E-state index < -0.39 is 6.10 Å². The molecule has 2 N–H and O–H groups in total. The molecule has 1 heterocycles. The van der Waals surface area contributed by atoms with E-state index >= 15 is 0 Å². The summed E-state index contributed by atoms with van der Waals surface area (Å²) in [6, 6.07) is 12.4. The molecule has 0 radical (unpaired) electrons. The van der Waals surface area contributed by atoms with E-state index in [2.05, 4.69) is 10.3 Å². The summed E-state index contributed by atoms with van der Waals surface area (Å²) in [7, 11) is 4.67. The van der Waals surface area contributed by atoms with Crippen molar-refractivity contribution in [2.45, 2.75) is 13.0 Å². The highest BCUT2D eigenvalue weighted by molar-refractivity contribution is 5.98. The molecule has 0 spiro atoms. The summed E-state index contributed by atoms with van der Waals surface area (Å²) in [4.78, 5) is 17.2. The Morgan fingerprint density at radius 2 is 1.72 bits per heavy atom. The van der Waals surface area contributed by atoms with Crippen LogP contribution in [-0.4, -0.2) is 43.9 Å². The van der Waals surface area contributed by atoms with Crippen molar-refractivity contribution in [1.29, 1.82) is 0 Å². The van der Waals surface area contributed by atoms with Crippen LogP contribution in [0.15, 0.2) is 42.5 Å². The molecule has 152 valence electrons. The number of aliphatic hydroxyl groups is 1. The van der Waals surface area contributed by atoms with E-state index in [1.165, 1.54) is 7.11 Å². The summed E-state index contributed by atoms with van der Waals surface area (Å²) < 4.78 is 15.7. The maximum atomic E-state index is 12.7. The number of ether oxygens (including phenoxy) is 3. The van der Waals surface area contributed by atoms with Crippen LogP contribution in [0.3, 0.4) is 0 Å². The lowest BCUT2D eigenvalue weighted by molar-refractivity contribution is 0.0913. The van der Waals surface area contributed by atoms with E-state index in [9.17, 15) is 9.90 Å². The SMILES string of the molecule is COc1ccc(OC)c(C(O)CNC(=O)c2cc3ccc(OC)cc3nc2C)c1. The van der Waals surface area contributed by atoms with Crippen LogP contribution in [0.4, 0.5) is 0 Å². The van der Waals surface area contributed by atoms with Crippen LogP contribution in [0.5, 0.6) is 17.2 Å². The number of benzene rings is 2. The number of fused-ring (bicyclic) bond motifs is 1. The number of amides is 1. The first-order valence-corrected chi connectivity index (χ1v) is 9.10. The van der Waals surface area contributed by atoms with E-state index in [0.29, 0.717) is 34.1 Å². The quantitative estimate of drug-likeness (QED) is 0.638. The van der Waals surface area contributed by atoms with Gasteiger partial charge in [0, 0.05) is 23.6 Å². The summed E-state index contributed by atoms with van der Waals surface area (Å²) in [5, 5.41) is 14.2. The Bertz CT molecular complexity index is 1040. The van der Waals surface area contributed by atoms with E-state index in [1.54, 1.807) is 45.4 Å². The van der Waals surface area contributed by atoms with E-state index in [0.717, 1.165) is 10.9 Å². The van der Waals surface area contributed by atoms with E-state index in [4.69, 9.17) is 14.2 Å². The van der Waals surface area contributed by atoms with Gasteiger partial charge in [0.05, 0.1) is 38.1 Å². The maximum absolute atomic E-state index is 12.7. The van der Waals surface area contributed by atoms with Gasteiger partial charge in [-0.15, -0.1) is 0 Å². The van der Waals surface area contributed by atoms with Gasteiger partial charge in [-0.1, -0.05) is 0 Å². The van der Waals surface area contributed by atoms with Crippen LogP contribution < -0.4 is 19.5 Å². The third-order valence-corrected chi connectivity index (χ3v) is 4.71. The Labute approximate surface area is 169 Å². The van der Waals surface area contributed by atoms with Gasteiger partial charge in [0.25, 0.3) is 5.91 Å². The number of carbonyl (C=O) groups is 1. The Kier molecular flexibility index (Phi) is 6.19. The largest absolute Gasteiger partial charge is 0.497 e. The lowest BCUT2D eigenvalue weighted by atomic mass is 10.1. The second-order valence-electron chi connectivity index (χ2n) is 6.51. The van der Waals surface area contributed by atoms with Crippen molar-refractivity contribution >= 4 is 16.8 Å². The number of hydrogen-bond donors (Lipinski definition) is 2. The molecule has 0 aliphatic heterocycles. The van der Waals surface area contributed by atoms with E-state index in [1.807, 2.05) is 18.2 Å². The van der Waals surface area contributed by atoms with Gasteiger partial charge in [0.15, 0.2) is 0 Å². The number of nitrogens with one attached hydrogen (secondary N) is 1. The average Bonchev–Trinajstić information content (AvgIpc) is 2.75. The van der Waals surface area contributed by atoms with Crippen molar-refractivity contribution < 1.29 is 24.1 Å². The number of pyridine rings is 1. The molecular formula is C22H24N2O5. The first-order valence-electron chi connectivity index (χ1n) is 9.10. The monoisotopic (exact) mass is 396 g/mol. The second-order valence-corrected chi connectivity index (χ2v) is 6.51. The summed E-state index contributed by atoms with van der Waals surface area (Å²) in [5.74, 6) is 1.51. The van der Waals surface area contributed by atoms with Crippen LogP contribution in [0.1, 0.15) is 27.7 Å². The normalized spacial score (nSPS) is 11.8. The predicted molar refractivity (Wildman–Crippen MR) is 110 cm³/mol. The zero-order chi connectivity index (χ0) is 21.0. The van der Waals surface area contributed by atoms with Gasteiger partial charge < -0.3 is 24.6 Å². The highest BCUT2D eigenvalue weighted by Crippen LogP contribution is 2.29. The molecular weight excluding hydrogens is 372 g/mol. The van der Waals surface area contributed by atoms with E-state index in [-0.39, 0.29) is 12.5 Å². The molecule has 0 aliphatic carbocycles. The molecule has 2 aromatic carbocycles. The van der Waals surface area contributed by atoms with Crippen molar-refractivity contribution in [3.8, 4) is 17.2 Å². The minimum Gasteiger partial charge on any atom is -0.497 e.